The largest absolute Gasteiger partial charge is 0.477 e. The zero-order valence-corrected chi connectivity index (χ0v) is 7.84. The smallest absolute Gasteiger partial charge is 0.354 e. The van der Waals surface area contributed by atoms with Crippen LogP contribution < -0.4 is 0 Å². The van der Waals surface area contributed by atoms with Crippen LogP contribution in [0.2, 0.25) is 0 Å². The van der Waals surface area contributed by atoms with E-state index in [0.717, 1.165) is 10.9 Å². The van der Waals surface area contributed by atoms with Crippen molar-refractivity contribution in [2.75, 3.05) is 0 Å². The van der Waals surface area contributed by atoms with Crippen LogP contribution in [0, 0.1) is 0 Å². The standard InChI is InChI=1S/C11H8N2O2/c1-2-7-5-12-6-8-3-4-9(11(14)15)13-10(7)8/h2-6H,1H2,(H,14,15). The van der Waals surface area contributed by atoms with Gasteiger partial charge in [0.1, 0.15) is 5.69 Å². The molecule has 0 fully saturated rings. The highest BCUT2D eigenvalue weighted by molar-refractivity contribution is 5.92. The number of carboxylic acid groups (broad SMARTS) is 1. The van der Waals surface area contributed by atoms with E-state index in [1.54, 1.807) is 24.5 Å². The molecule has 2 aromatic rings. The van der Waals surface area contributed by atoms with E-state index in [1.807, 2.05) is 0 Å². The third-order valence-corrected chi connectivity index (χ3v) is 2.07. The van der Waals surface area contributed by atoms with Crippen LogP contribution in [0.3, 0.4) is 0 Å². The zero-order chi connectivity index (χ0) is 10.8. The van der Waals surface area contributed by atoms with E-state index < -0.39 is 5.97 Å². The van der Waals surface area contributed by atoms with Crippen molar-refractivity contribution in [2.45, 2.75) is 0 Å². The first-order valence-corrected chi connectivity index (χ1v) is 4.33. The second-order valence-electron chi connectivity index (χ2n) is 3.01. The Morgan fingerprint density at radius 2 is 2.20 bits per heavy atom. The molecule has 0 radical (unpaired) electrons. The van der Waals surface area contributed by atoms with E-state index in [2.05, 4.69) is 16.5 Å². The minimum absolute atomic E-state index is 0.0248. The van der Waals surface area contributed by atoms with E-state index in [9.17, 15) is 4.79 Å². The average molecular weight is 200 g/mol. The summed E-state index contributed by atoms with van der Waals surface area (Å²) >= 11 is 0. The van der Waals surface area contributed by atoms with E-state index >= 15 is 0 Å². The molecule has 74 valence electrons. The number of hydrogen-bond donors (Lipinski definition) is 1. The molecule has 0 aromatic carbocycles. The van der Waals surface area contributed by atoms with Gasteiger partial charge in [-0.1, -0.05) is 12.7 Å². The molecule has 0 saturated carbocycles. The van der Waals surface area contributed by atoms with Crippen molar-refractivity contribution in [1.29, 1.82) is 0 Å². The number of fused-ring (bicyclic) bond motifs is 1. The van der Waals surface area contributed by atoms with Crippen molar-refractivity contribution in [1.82, 2.24) is 9.97 Å². The summed E-state index contributed by atoms with van der Waals surface area (Å²) in [4.78, 5) is 18.8. The predicted octanol–water partition coefficient (Wildman–Crippen LogP) is 1.97. The SMILES string of the molecule is C=Cc1cncc2ccc(C(=O)O)nc12. The first-order chi connectivity index (χ1) is 7.22. The maximum Gasteiger partial charge on any atom is 0.354 e. The summed E-state index contributed by atoms with van der Waals surface area (Å²) in [5, 5.41) is 9.61. The number of rotatable bonds is 2. The topological polar surface area (TPSA) is 63.1 Å². The van der Waals surface area contributed by atoms with Crippen LogP contribution in [0.15, 0.2) is 31.1 Å². The lowest BCUT2D eigenvalue weighted by atomic mass is 10.1. The second kappa shape index (κ2) is 3.49. The van der Waals surface area contributed by atoms with Crippen LogP contribution in [-0.4, -0.2) is 21.0 Å². The van der Waals surface area contributed by atoms with Crippen LogP contribution >= 0.6 is 0 Å². The number of aromatic nitrogens is 2. The summed E-state index contributed by atoms with van der Waals surface area (Å²) < 4.78 is 0. The maximum absolute atomic E-state index is 10.7. The van der Waals surface area contributed by atoms with Gasteiger partial charge in [0.25, 0.3) is 0 Å². The Kier molecular flexibility index (Phi) is 2.17. The average Bonchev–Trinajstić information content (AvgIpc) is 2.27. The van der Waals surface area contributed by atoms with Gasteiger partial charge in [-0.05, 0) is 12.1 Å². The first-order valence-electron chi connectivity index (χ1n) is 4.33. The Morgan fingerprint density at radius 3 is 2.87 bits per heavy atom. The summed E-state index contributed by atoms with van der Waals surface area (Å²) in [7, 11) is 0. The number of pyridine rings is 2. The molecule has 0 saturated heterocycles. The van der Waals surface area contributed by atoms with Crippen LogP contribution in [0.1, 0.15) is 16.1 Å². The monoisotopic (exact) mass is 200 g/mol. The minimum Gasteiger partial charge on any atom is -0.477 e. The second-order valence-corrected chi connectivity index (χ2v) is 3.01. The molecule has 0 bridgehead atoms. The minimum atomic E-state index is -1.04. The molecule has 0 aliphatic carbocycles. The van der Waals surface area contributed by atoms with E-state index in [1.165, 1.54) is 6.07 Å². The molecular weight excluding hydrogens is 192 g/mol. The van der Waals surface area contributed by atoms with Crippen molar-refractivity contribution < 1.29 is 9.90 Å². The lowest BCUT2D eigenvalue weighted by molar-refractivity contribution is 0.0691. The Bertz CT molecular complexity index is 549. The summed E-state index contributed by atoms with van der Waals surface area (Å²) in [6.07, 6.45) is 4.85. The van der Waals surface area contributed by atoms with E-state index in [4.69, 9.17) is 5.11 Å². The van der Waals surface area contributed by atoms with Crippen molar-refractivity contribution in [3.05, 3.63) is 42.4 Å². The van der Waals surface area contributed by atoms with E-state index in [-0.39, 0.29) is 5.69 Å². The molecule has 0 spiro atoms. The lowest BCUT2D eigenvalue weighted by Crippen LogP contribution is -2.00. The lowest BCUT2D eigenvalue weighted by Gasteiger charge is -2.01. The van der Waals surface area contributed by atoms with Gasteiger partial charge < -0.3 is 5.11 Å². The molecule has 0 aliphatic rings. The van der Waals surface area contributed by atoms with Crippen molar-refractivity contribution in [3.8, 4) is 0 Å². The molecule has 2 heterocycles. The van der Waals surface area contributed by atoms with Gasteiger partial charge >= 0.3 is 5.97 Å². The van der Waals surface area contributed by atoms with Gasteiger partial charge in [0.05, 0.1) is 5.52 Å². The van der Waals surface area contributed by atoms with Gasteiger partial charge in [-0.2, -0.15) is 0 Å². The quantitative estimate of drug-likeness (QED) is 0.804. The number of carbonyl (C=O) groups is 1. The molecule has 0 amide bonds. The van der Waals surface area contributed by atoms with Crippen LogP contribution in [-0.2, 0) is 0 Å². The molecule has 2 aromatic heterocycles. The predicted molar refractivity (Wildman–Crippen MR) is 56.6 cm³/mol. The molecule has 0 atom stereocenters. The molecule has 0 unspecified atom stereocenters. The van der Waals surface area contributed by atoms with Crippen molar-refractivity contribution in [3.63, 3.8) is 0 Å². The van der Waals surface area contributed by atoms with Gasteiger partial charge in [0, 0.05) is 23.3 Å². The number of nitrogens with zero attached hydrogens (tertiary/aromatic N) is 2. The van der Waals surface area contributed by atoms with Crippen molar-refractivity contribution >= 4 is 22.9 Å². The van der Waals surface area contributed by atoms with Crippen LogP contribution in [0.5, 0.6) is 0 Å². The first kappa shape index (κ1) is 9.33. The molecule has 1 N–H and O–H groups in total. The van der Waals surface area contributed by atoms with Crippen molar-refractivity contribution in [2.24, 2.45) is 0 Å². The van der Waals surface area contributed by atoms with Gasteiger partial charge in [-0.15, -0.1) is 0 Å². The molecule has 4 heteroatoms. The highest BCUT2D eigenvalue weighted by Gasteiger charge is 2.07. The summed E-state index contributed by atoms with van der Waals surface area (Å²) in [5.41, 5.74) is 1.37. The van der Waals surface area contributed by atoms with Crippen LogP contribution in [0.4, 0.5) is 0 Å². The Hall–Kier alpha value is -2.23. The van der Waals surface area contributed by atoms with Gasteiger partial charge in [0.15, 0.2) is 0 Å². The highest BCUT2D eigenvalue weighted by atomic mass is 16.4. The number of aromatic carboxylic acids is 1. The zero-order valence-electron chi connectivity index (χ0n) is 7.84. The van der Waals surface area contributed by atoms with E-state index in [0.29, 0.717) is 5.52 Å². The number of carboxylic acids is 1. The van der Waals surface area contributed by atoms with Crippen LogP contribution in [0.25, 0.3) is 17.0 Å². The molecule has 15 heavy (non-hydrogen) atoms. The van der Waals surface area contributed by atoms with Gasteiger partial charge in [-0.3, -0.25) is 4.98 Å². The molecule has 0 aliphatic heterocycles. The fourth-order valence-electron chi connectivity index (χ4n) is 1.33. The Labute approximate surface area is 85.9 Å². The summed E-state index contributed by atoms with van der Waals surface area (Å²) in [6, 6.07) is 3.14. The normalized spacial score (nSPS) is 10.1. The van der Waals surface area contributed by atoms with Gasteiger partial charge in [0.2, 0.25) is 0 Å². The third-order valence-electron chi connectivity index (χ3n) is 2.07. The summed E-state index contributed by atoms with van der Waals surface area (Å²) in [5.74, 6) is -1.04. The molecule has 4 nitrogen and oxygen atoms in total. The Balaban J connectivity index is 2.78. The highest BCUT2D eigenvalue weighted by Crippen LogP contribution is 2.16. The maximum atomic E-state index is 10.7. The third kappa shape index (κ3) is 1.57. The summed E-state index contributed by atoms with van der Waals surface area (Å²) in [6.45, 7) is 3.63. The fraction of sp³-hybridized carbons (Fsp3) is 0. The molecular formula is C11H8N2O2. The Morgan fingerprint density at radius 1 is 1.40 bits per heavy atom. The number of hydrogen-bond acceptors (Lipinski definition) is 3. The molecule has 2 rings (SSSR count). The fourth-order valence-corrected chi connectivity index (χ4v) is 1.33. The van der Waals surface area contributed by atoms with Gasteiger partial charge in [-0.25, -0.2) is 9.78 Å².